The zero-order valence-corrected chi connectivity index (χ0v) is 70.5. The summed E-state index contributed by atoms with van der Waals surface area (Å²) in [6.45, 7) is 35.3. The van der Waals surface area contributed by atoms with Crippen LogP contribution < -0.4 is 53.2 Å². The van der Waals surface area contributed by atoms with E-state index in [1.54, 1.807) is 132 Å². The van der Waals surface area contributed by atoms with Gasteiger partial charge in [0.1, 0.15) is 77.8 Å². The first-order valence-electron chi connectivity index (χ1n) is 39.7. The van der Waals surface area contributed by atoms with Crippen molar-refractivity contribution in [3.8, 4) is 11.1 Å². The molecule has 0 saturated carbocycles. The first-order chi connectivity index (χ1) is 52.5. The number of esters is 1. The molecule has 11 N–H and O–H groups in total. The highest BCUT2D eigenvalue weighted by Crippen LogP contribution is 2.44. The molecule has 31 heteroatoms. The number of rotatable bonds is 41. The Labute approximate surface area is 667 Å². The monoisotopic (exact) mass is 1590 g/mol. The zero-order chi connectivity index (χ0) is 85.1. The summed E-state index contributed by atoms with van der Waals surface area (Å²) >= 11 is 0. The summed E-state index contributed by atoms with van der Waals surface area (Å²) in [7, 11) is 0. The van der Waals surface area contributed by atoms with Gasteiger partial charge in [0.2, 0.25) is 47.3 Å². The number of aliphatic carboxylic acids is 1. The van der Waals surface area contributed by atoms with Crippen LogP contribution in [0.15, 0.2) is 48.5 Å². The topological polar surface area (TPSA) is 421 Å². The molecule has 2 aromatic rings. The molecule has 1 aliphatic carbocycles. The van der Waals surface area contributed by atoms with Gasteiger partial charge < -0.3 is 91.6 Å². The van der Waals surface area contributed by atoms with Gasteiger partial charge in [0.25, 0.3) is 0 Å². The maximum absolute atomic E-state index is 15.2. The molecule has 11 amide bonds. The number of hydrogen-bond acceptors (Lipinski definition) is 19. The Morgan fingerprint density at radius 3 is 1.35 bits per heavy atom. The molecule has 0 bridgehead atoms. The third-order valence-corrected chi connectivity index (χ3v) is 18.3. The minimum atomic E-state index is -1.64. The van der Waals surface area contributed by atoms with E-state index in [1.807, 2.05) is 62.4 Å². The van der Waals surface area contributed by atoms with Crippen molar-refractivity contribution in [3.63, 3.8) is 0 Å². The Hall–Kier alpha value is -9.13. The van der Waals surface area contributed by atoms with Crippen LogP contribution in [0.1, 0.15) is 239 Å². The molecule has 113 heavy (non-hydrogen) atoms. The summed E-state index contributed by atoms with van der Waals surface area (Å²) in [6.07, 6.45) is -1.50. The number of carboxylic acids is 1. The fraction of sp³-hybridized carbons (Fsp3) is 0.695. The molecule has 0 unspecified atom stereocenters. The number of carboxylic acid groups (broad SMARTS) is 1. The molecule has 634 valence electrons. The molecule has 4 rings (SSSR count). The maximum atomic E-state index is 15.2. The summed E-state index contributed by atoms with van der Waals surface area (Å²) in [5.74, 6) is -10.7. The molecule has 2 aromatic carbocycles. The van der Waals surface area contributed by atoms with E-state index in [0.717, 1.165) is 22.3 Å². The normalized spacial score (nSPS) is 16.2. The second-order valence-corrected chi connectivity index (χ2v) is 34.9. The van der Waals surface area contributed by atoms with Crippen LogP contribution in [0.25, 0.3) is 11.1 Å². The van der Waals surface area contributed by atoms with Crippen LogP contribution in [0.4, 0.5) is 14.4 Å². The number of amides is 11. The predicted octanol–water partition coefficient (Wildman–Crippen LogP) is 8.25. The van der Waals surface area contributed by atoms with Crippen molar-refractivity contribution in [3.05, 3.63) is 59.7 Å². The van der Waals surface area contributed by atoms with Crippen LogP contribution in [0.3, 0.4) is 0 Å². The molecule has 31 nitrogen and oxygen atoms in total. The Kier molecular flexibility index (Phi) is 37.4. The van der Waals surface area contributed by atoms with Gasteiger partial charge in [0, 0.05) is 32.0 Å². The van der Waals surface area contributed by atoms with Crippen LogP contribution in [0.2, 0.25) is 0 Å². The Balaban J connectivity index is 1.70. The minimum absolute atomic E-state index is 0.0498. The van der Waals surface area contributed by atoms with E-state index in [0.29, 0.717) is 6.42 Å². The fourth-order valence-corrected chi connectivity index (χ4v) is 12.5. The molecular weight excluding hydrogens is 1460 g/mol. The first kappa shape index (κ1) is 96.2. The smallest absolute Gasteiger partial charge is 0.407 e. The largest absolute Gasteiger partial charge is 0.480 e. The van der Waals surface area contributed by atoms with Gasteiger partial charge in [0.05, 0.1) is 24.4 Å². The van der Waals surface area contributed by atoms with Crippen molar-refractivity contribution in [1.82, 2.24) is 58.1 Å². The highest BCUT2D eigenvalue weighted by atomic mass is 16.6. The number of fused-ring (bicyclic) bond motifs is 3. The van der Waals surface area contributed by atoms with Crippen molar-refractivity contribution in [2.45, 2.75) is 311 Å². The average molecular weight is 1590 g/mol. The van der Waals surface area contributed by atoms with Gasteiger partial charge in [-0.2, -0.15) is 0 Å². The van der Waals surface area contributed by atoms with E-state index in [9.17, 15) is 57.8 Å². The lowest BCUT2D eigenvalue weighted by molar-refractivity contribution is -0.155. The van der Waals surface area contributed by atoms with Gasteiger partial charge in [0.15, 0.2) is 0 Å². The third-order valence-electron chi connectivity index (χ3n) is 18.3. The Morgan fingerprint density at radius 2 is 0.885 bits per heavy atom. The molecule has 0 spiro atoms. The summed E-state index contributed by atoms with van der Waals surface area (Å²) < 4.78 is 34.3. The fourth-order valence-electron chi connectivity index (χ4n) is 12.5. The number of ether oxygens (including phenoxy) is 6. The van der Waals surface area contributed by atoms with Gasteiger partial charge in [-0.15, -0.1) is 0 Å². The predicted molar refractivity (Wildman–Crippen MR) is 424 cm³/mol. The summed E-state index contributed by atoms with van der Waals surface area (Å²) in [5.41, 5.74) is -0.300. The van der Waals surface area contributed by atoms with Crippen LogP contribution >= 0.6 is 0 Å². The van der Waals surface area contributed by atoms with E-state index in [2.05, 4.69) is 53.2 Å². The number of hydrogen-bond donors (Lipinski definition) is 11. The van der Waals surface area contributed by atoms with E-state index < -0.39 is 191 Å². The average Bonchev–Trinajstić information content (AvgIpc) is 1.62. The highest BCUT2D eigenvalue weighted by Gasteiger charge is 2.42. The second kappa shape index (κ2) is 43.9. The summed E-state index contributed by atoms with van der Waals surface area (Å²) in [6, 6.07) is 2.89. The number of carbonyl (C=O) groups is 13. The lowest BCUT2D eigenvalue weighted by Gasteiger charge is -2.32. The van der Waals surface area contributed by atoms with Crippen molar-refractivity contribution < 1.29 is 95.9 Å². The van der Waals surface area contributed by atoms with Gasteiger partial charge in [-0.3, -0.25) is 43.2 Å². The van der Waals surface area contributed by atoms with Crippen LogP contribution in [0.5, 0.6) is 0 Å². The molecule has 1 aliphatic heterocycles. The standard InChI is InChI=1S/C82H131N11O20/c1-22-50(6)65(72(101)91-64(49(4)5)71(100)87-56(36-27-29-41-83-75(105)112-81(16,17)18)66(95)89-61(47-110-79(10,11)12)73(102)93-43-31-38-62(93)74(103)104)92-68(97)57(37-28-30-42-84-76(106)113-82(19,20)21)85-67(96)58(39-40-63(94)111-80(13,14)15)86-70(99)60(46-109-78(7,8)9)88-69(98)59(44-48(2)3)90-77(107)108-45-55-53-34-25-23-32-51(53)52-33-24-26-35-54(52)55/h23-26,32-35,48-50,55-62,64-65H,22,27-31,36-47H2,1-21H3,(H,83,105)(H,84,106)(H,85,96)(H,86,99)(H,87,100)(H,88,98)(H,89,95)(H,90,107)(H,91,101)(H,92,97)(H,103,104)/t50-,56-,57-,58-,59-,60-,61-,62-,64-,65-/m0/s1. The molecule has 2 aliphatic rings. The lowest BCUT2D eigenvalue weighted by Crippen LogP contribution is -2.62. The number of carbonyl (C=O) groups excluding carboxylic acids is 12. The SMILES string of the molecule is CC[C@H](C)[C@H](NC(=O)[C@H](CCCCNC(=O)OC(C)(C)C)NC(=O)[C@H](CCC(=O)OC(C)(C)C)NC(=O)[C@H](COC(C)(C)C)NC(=O)[C@H](CC(C)C)NC(=O)OCC1c2ccccc2-c2ccccc21)C(=O)N[C@H](C(=O)N[C@@H](CCCCNC(=O)OC(C)(C)C)C(=O)N[C@@H](COC(C)(C)C)C(=O)N1CCC[C@H]1C(=O)O)C(C)C. The Bertz CT molecular complexity index is 3510. The minimum Gasteiger partial charge on any atom is -0.480 e. The van der Waals surface area contributed by atoms with Crippen LogP contribution in [-0.2, 0) is 76.4 Å². The van der Waals surface area contributed by atoms with E-state index in [1.165, 1.54) is 4.90 Å². The van der Waals surface area contributed by atoms with E-state index in [4.69, 9.17) is 28.4 Å². The third kappa shape index (κ3) is 34.6. The number of benzene rings is 2. The summed E-state index contributed by atoms with van der Waals surface area (Å²) in [4.78, 5) is 185. The first-order valence-corrected chi connectivity index (χ1v) is 39.7. The lowest BCUT2D eigenvalue weighted by atomic mass is 9.95. The molecule has 1 fully saturated rings. The number of unbranched alkanes of at least 4 members (excludes halogenated alkanes) is 2. The quantitative estimate of drug-likeness (QED) is 0.0169. The number of likely N-dealkylation sites (tertiary alicyclic amines) is 1. The maximum Gasteiger partial charge on any atom is 0.407 e. The number of nitrogens with one attached hydrogen (secondary N) is 10. The van der Waals surface area contributed by atoms with Crippen molar-refractivity contribution in [2.24, 2.45) is 17.8 Å². The second-order valence-electron chi connectivity index (χ2n) is 34.9. The highest BCUT2D eigenvalue weighted by molar-refractivity contribution is 5.99. The Morgan fingerprint density at radius 1 is 0.469 bits per heavy atom. The van der Waals surface area contributed by atoms with Gasteiger partial charge in [-0.05, 0) is 208 Å². The van der Waals surface area contributed by atoms with Crippen molar-refractivity contribution in [1.29, 1.82) is 0 Å². The molecule has 1 heterocycles. The zero-order valence-electron chi connectivity index (χ0n) is 70.5. The van der Waals surface area contributed by atoms with Gasteiger partial charge in [-0.25, -0.2) is 19.2 Å². The molecule has 1 saturated heterocycles. The molecule has 0 aromatic heterocycles. The molecule has 0 radical (unpaired) electrons. The van der Waals surface area contributed by atoms with Crippen molar-refractivity contribution in [2.75, 3.05) is 39.5 Å². The number of nitrogens with zero attached hydrogens (tertiary/aromatic N) is 1. The van der Waals surface area contributed by atoms with Gasteiger partial charge >= 0.3 is 30.2 Å². The molecular formula is C82H131N11O20. The van der Waals surface area contributed by atoms with Crippen molar-refractivity contribution >= 4 is 77.5 Å². The van der Waals surface area contributed by atoms with E-state index in [-0.39, 0.29) is 102 Å². The van der Waals surface area contributed by atoms with Crippen LogP contribution in [-0.4, -0.2) is 209 Å². The van der Waals surface area contributed by atoms with Gasteiger partial charge in [-0.1, -0.05) is 96.5 Å². The number of alkyl carbamates (subject to hydrolysis) is 3. The molecule has 10 atom stereocenters. The van der Waals surface area contributed by atoms with Crippen LogP contribution in [0, 0.1) is 17.8 Å². The van der Waals surface area contributed by atoms with E-state index >= 15 is 9.59 Å². The summed E-state index contributed by atoms with van der Waals surface area (Å²) in [5, 5.41) is 37.3.